The van der Waals surface area contributed by atoms with E-state index in [0.717, 1.165) is 21.7 Å². The van der Waals surface area contributed by atoms with Gasteiger partial charge in [0, 0.05) is 19.3 Å². The third-order valence-corrected chi connectivity index (χ3v) is 5.05. The molecular formula is C29H48N2O2S. The van der Waals surface area contributed by atoms with Crippen molar-refractivity contribution in [2.45, 2.75) is 75.2 Å². The van der Waals surface area contributed by atoms with E-state index >= 15 is 0 Å². The summed E-state index contributed by atoms with van der Waals surface area (Å²) in [5.74, 6) is 0.0569. The molecule has 0 saturated carbocycles. The number of hydrogen-bond acceptors (Lipinski definition) is 4. The highest BCUT2D eigenvalue weighted by Crippen LogP contribution is 2.24. The number of likely N-dealkylation sites (N-methyl/N-ethyl adjacent to an activating group) is 1. The second-order valence-electron chi connectivity index (χ2n) is 6.38. The van der Waals surface area contributed by atoms with Crippen molar-refractivity contribution in [3.8, 4) is 11.1 Å². The average molecular weight is 489 g/mol. The number of amides is 1. The lowest BCUT2D eigenvalue weighted by Gasteiger charge is -2.13. The van der Waals surface area contributed by atoms with Gasteiger partial charge in [-0.25, -0.2) is 5.01 Å². The van der Waals surface area contributed by atoms with Crippen LogP contribution in [0.25, 0.3) is 11.1 Å². The van der Waals surface area contributed by atoms with Crippen LogP contribution in [-0.2, 0) is 11.2 Å². The van der Waals surface area contributed by atoms with Crippen LogP contribution in [0.1, 0.15) is 83.3 Å². The topological polar surface area (TPSA) is 49.7 Å². The van der Waals surface area contributed by atoms with Crippen molar-refractivity contribution < 1.29 is 9.59 Å². The lowest BCUT2D eigenvalue weighted by molar-refractivity contribution is -0.125. The van der Waals surface area contributed by atoms with Crippen LogP contribution in [0, 0.1) is 6.92 Å². The van der Waals surface area contributed by atoms with Gasteiger partial charge in [0.1, 0.15) is 0 Å². The summed E-state index contributed by atoms with van der Waals surface area (Å²) in [7, 11) is 1.42. The van der Waals surface area contributed by atoms with Crippen molar-refractivity contribution in [2.75, 3.05) is 19.1 Å². The van der Waals surface area contributed by atoms with Crippen molar-refractivity contribution in [3.05, 3.63) is 59.2 Å². The number of carbonyl (C=O) groups is 2. The van der Waals surface area contributed by atoms with Crippen molar-refractivity contribution in [3.63, 3.8) is 0 Å². The van der Waals surface area contributed by atoms with Crippen LogP contribution in [0.3, 0.4) is 0 Å². The highest BCUT2D eigenvalue weighted by molar-refractivity contribution is 7.98. The quantitative estimate of drug-likeness (QED) is 0.170. The van der Waals surface area contributed by atoms with Gasteiger partial charge >= 0.3 is 5.91 Å². The molecule has 5 heteroatoms. The Balaban J connectivity index is -0.000000748. The molecule has 2 rings (SSSR count). The normalized spacial score (nSPS) is 8.68. The van der Waals surface area contributed by atoms with Gasteiger partial charge in [-0.15, -0.1) is 0 Å². The molecule has 4 nitrogen and oxygen atoms in total. The Hall–Kier alpha value is -2.40. The summed E-state index contributed by atoms with van der Waals surface area (Å²) in [6.45, 7) is 21.4. The van der Waals surface area contributed by atoms with E-state index in [1.165, 1.54) is 24.8 Å². The predicted octanol–water partition coefficient (Wildman–Crippen LogP) is 8.32. The van der Waals surface area contributed by atoms with Gasteiger partial charge < -0.3 is 0 Å². The third-order valence-electron chi connectivity index (χ3n) is 4.23. The summed E-state index contributed by atoms with van der Waals surface area (Å²) in [5, 5.41) is 4.45. The molecule has 0 fully saturated rings. The minimum Gasteiger partial charge on any atom is -0.283 e. The molecule has 0 unspecified atom stereocenters. The highest BCUT2D eigenvalue weighted by atomic mass is 32.2. The second kappa shape index (κ2) is 23.7. The molecule has 0 aliphatic rings. The molecule has 0 spiro atoms. The summed E-state index contributed by atoms with van der Waals surface area (Å²) in [6.07, 6.45) is 4.11. The smallest absolute Gasteiger partial charge is 0.283 e. The molecule has 0 saturated heterocycles. The van der Waals surface area contributed by atoms with Crippen molar-refractivity contribution in [1.82, 2.24) is 5.01 Å². The fraction of sp³-hybridized carbons (Fsp3) is 0.483. The number of thioether (sulfide) groups is 1. The molecule has 0 aromatic heterocycles. The fourth-order valence-corrected chi connectivity index (χ4v) is 2.96. The average Bonchev–Trinajstić information content (AvgIpc) is 2.91. The summed E-state index contributed by atoms with van der Waals surface area (Å²) in [4.78, 5) is 24.6. The van der Waals surface area contributed by atoms with Crippen LogP contribution in [0.5, 0.6) is 0 Å². The molecule has 0 atom stereocenters. The summed E-state index contributed by atoms with van der Waals surface area (Å²) in [6, 6.07) is 13.7. The first-order valence-corrected chi connectivity index (χ1v) is 13.8. The standard InChI is InChI=1S/C19H20N2O2.C4H10S.3C2H6/c1-5-14-10-11-16(15-8-6-13(2)7-9-15)12-17(14)18(22)19(23)21(4)20-3;1-3-4-5-2;3*1-2/h6-12H,3,5H2,1-2,4H3;3-4H2,1-2H3;3*1-2H3. The number of ketones is 1. The van der Waals surface area contributed by atoms with Crippen LogP contribution in [0.2, 0.25) is 0 Å². The number of Topliss-reactive ketones (excluding diaryl/α,β-unsaturated/α-hetero) is 1. The van der Waals surface area contributed by atoms with Crippen molar-refractivity contribution in [1.29, 1.82) is 0 Å². The predicted molar refractivity (Wildman–Crippen MR) is 155 cm³/mol. The maximum atomic E-state index is 12.5. The molecule has 1 amide bonds. The van der Waals surface area contributed by atoms with E-state index in [1.807, 2.05) is 104 Å². The Morgan fingerprint density at radius 2 is 1.41 bits per heavy atom. The van der Waals surface area contributed by atoms with E-state index in [2.05, 4.69) is 25.0 Å². The largest absolute Gasteiger partial charge is 0.314 e. The Morgan fingerprint density at radius 3 is 1.79 bits per heavy atom. The van der Waals surface area contributed by atoms with Crippen LogP contribution in [0.4, 0.5) is 0 Å². The maximum absolute atomic E-state index is 12.5. The second-order valence-corrected chi connectivity index (χ2v) is 7.37. The van der Waals surface area contributed by atoms with E-state index in [4.69, 9.17) is 0 Å². The van der Waals surface area contributed by atoms with E-state index in [0.29, 0.717) is 12.0 Å². The van der Waals surface area contributed by atoms with Gasteiger partial charge in [0.15, 0.2) is 0 Å². The van der Waals surface area contributed by atoms with Gasteiger partial charge in [-0.2, -0.15) is 16.9 Å². The molecule has 0 aliphatic carbocycles. The summed E-state index contributed by atoms with van der Waals surface area (Å²) < 4.78 is 0. The number of hydrogen-bond donors (Lipinski definition) is 0. The van der Waals surface area contributed by atoms with Crippen molar-refractivity contribution in [2.24, 2.45) is 5.10 Å². The molecular weight excluding hydrogens is 440 g/mol. The third kappa shape index (κ3) is 13.3. The lowest BCUT2D eigenvalue weighted by Crippen LogP contribution is -2.29. The van der Waals surface area contributed by atoms with E-state index in [1.54, 1.807) is 6.07 Å². The van der Waals surface area contributed by atoms with Crippen LogP contribution >= 0.6 is 11.8 Å². The first-order chi connectivity index (χ1) is 16.4. The van der Waals surface area contributed by atoms with Gasteiger partial charge in [0.2, 0.25) is 0 Å². The first kappa shape index (κ1) is 36.2. The minimum atomic E-state index is -0.684. The number of benzene rings is 2. The minimum absolute atomic E-state index is 0.422. The van der Waals surface area contributed by atoms with Gasteiger partial charge in [-0.3, -0.25) is 9.59 Å². The highest BCUT2D eigenvalue weighted by Gasteiger charge is 2.22. The number of aryl methyl sites for hydroxylation is 2. The molecule has 2 aromatic rings. The number of nitrogens with zero attached hydrogens (tertiary/aromatic N) is 2. The SMILES string of the molecule is C=NN(C)C(=O)C(=O)c1cc(-c2ccc(C)cc2)ccc1CC.CC.CC.CC.CCCSC. The first-order valence-electron chi connectivity index (χ1n) is 12.4. The number of hydrazone groups is 1. The number of rotatable bonds is 7. The Kier molecular flexibility index (Phi) is 25.3. The molecule has 0 bridgehead atoms. The zero-order chi connectivity index (χ0) is 27.1. The molecule has 0 aliphatic heterocycles. The maximum Gasteiger partial charge on any atom is 0.314 e. The van der Waals surface area contributed by atoms with E-state index < -0.39 is 11.7 Å². The number of carbonyl (C=O) groups excluding carboxylic acids is 2. The Bertz CT molecular complexity index is 800. The van der Waals surface area contributed by atoms with Crippen molar-refractivity contribution >= 4 is 30.2 Å². The molecule has 34 heavy (non-hydrogen) atoms. The fourth-order valence-electron chi connectivity index (χ4n) is 2.55. The van der Waals surface area contributed by atoms with Gasteiger partial charge in [-0.1, -0.05) is 97.4 Å². The lowest BCUT2D eigenvalue weighted by atomic mass is 9.95. The van der Waals surface area contributed by atoms with Gasteiger partial charge in [-0.05, 0) is 54.5 Å². The van der Waals surface area contributed by atoms with Crippen LogP contribution < -0.4 is 0 Å². The zero-order valence-corrected chi connectivity index (χ0v) is 24.3. The van der Waals surface area contributed by atoms with E-state index in [-0.39, 0.29) is 0 Å². The summed E-state index contributed by atoms with van der Waals surface area (Å²) >= 11 is 1.90. The Labute approximate surface area is 214 Å². The molecule has 192 valence electrons. The van der Waals surface area contributed by atoms with Gasteiger partial charge in [0.25, 0.3) is 5.78 Å². The molecule has 2 aromatic carbocycles. The molecule has 0 heterocycles. The summed E-state index contributed by atoms with van der Waals surface area (Å²) in [5.41, 5.74) is 4.36. The Morgan fingerprint density at radius 1 is 0.912 bits per heavy atom. The molecule has 0 N–H and O–H groups in total. The van der Waals surface area contributed by atoms with Gasteiger partial charge in [0.05, 0.1) is 0 Å². The van der Waals surface area contributed by atoms with E-state index in [9.17, 15) is 9.59 Å². The monoisotopic (exact) mass is 488 g/mol. The zero-order valence-electron chi connectivity index (χ0n) is 23.5. The van der Waals surface area contributed by atoms with Crippen LogP contribution in [0.15, 0.2) is 47.6 Å². The van der Waals surface area contributed by atoms with Crippen LogP contribution in [-0.4, -0.2) is 42.5 Å². The molecule has 0 radical (unpaired) electrons.